The molecule has 0 aliphatic carbocycles. The molecule has 0 amide bonds. The van der Waals surface area contributed by atoms with Gasteiger partial charge in [-0.15, -0.1) is 0 Å². The molecule has 0 spiro atoms. The standard InChI is InChI=1S/C14H29N/c1-2-3-4-5-6-7-8-9-10-11-12-13-14-15/h7-8H,2-6,9-15H2,1H3/b8-7+. The van der Waals surface area contributed by atoms with Gasteiger partial charge in [-0.05, 0) is 38.6 Å². The lowest BCUT2D eigenvalue weighted by Gasteiger charge is -1.96. The van der Waals surface area contributed by atoms with Gasteiger partial charge in [0.05, 0.1) is 0 Å². The van der Waals surface area contributed by atoms with Gasteiger partial charge in [-0.25, -0.2) is 0 Å². The van der Waals surface area contributed by atoms with Crippen molar-refractivity contribution in [1.29, 1.82) is 0 Å². The minimum absolute atomic E-state index is 0.854. The van der Waals surface area contributed by atoms with Gasteiger partial charge in [0.2, 0.25) is 0 Å². The van der Waals surface area contributed by atoms with E-state index in [-0.39, 0.29) is 0 Å². The molecule has 0 aliphatic heterocycles. The number of nitrogens with two attached hydrogens (primary N) is 1. The molecule has 0 fully saturated rings. The van der Waals surface area contributed by atoms with E-state index in [0.717, 1.165) is 6.54 Å². The van der Waals surface area contributed by atoms with Gasteiger partial charge in [0.15, 0.2) is 0 Å². The molecule has 15 heavy (non-hydrogen) atoms. The van der Waals surface area contributed by atoms with E-state index in [1.54, 1.807) is 0 Å². The van der Waals surface area contributed by atoms with Gasteiger partial charge in [-0.2, -0.15) is 0 Å². The van der Waals surface area contributed by atoms with Crippen LogP contribution < -0.4 is 5.73 Å². The van der Waals surface area contributed by atoms with Crippen LogP contribution in [0, 0.1) is 0 Å². The molecule has 0 saturated heterocycles. The maximum Gasteiger partial charge on any atom is -0.00773 e. The van der Waals surface area contributed by atoms with Gasteiger partial charge in [-0.3, -0.25) is 0 Å². The van der Waals surface area contributed by atoms with E-state index in [9.17, 15) is 0 Å². The maximum atomic E-state index is 5.43. The number of allylic oxidation sites excluding steroid dienone is 2. The largest absolute Gasteiger partial charge is 0.330 e. The van der Waals surface area contributed by atoms with E-state index < -0.39 is 0 Å². The molecular weight excluding hydrogens is 182 g/mol. The summed E-state index contributed by atoms with van der Waals surface area (Å²) in [7, 11) is 0. The zero-order chi connectivity index (χ0) is 11.2. The fourth-order valence-corrected chi connectivity index (χ4v) is 1.68. The summed E-state index contributed by atoms with van der Waals surface area (Å²) in [5, 5.41) is 0. The van der Waals surface area contributed by atoms with Crippen molar-refractivity contribution in [2.24, 2.45) is 5.73 Å². The summed E-state index contributed by atoms with van der Waals surface area (Å²) in [6, 6.07) is 0. The molecule has 0 heterocycles. The zero-order valence-electron chi connectivity index (χ0n) is 10.5. The number of rotatable bonds is 11. The van der Waals surface area contributed by atoms with E-state index in [0.29, 0.717) is 0 Å². The van der Waals surface area contributed by atoms with E-state index >= 15 is 0 Å². The average molecular weight is 211 g/mol. The van der Waals surface area contributed by atoms with Gasteiger partial charge in [-0.1, -0.05) is 51.2 Å². The monoisotopic (exact) mass is 211 g/mol. The summed E-state index contributed by atoms with van der Waals surface area (Å²) in [6.45, 7) is 3.12. The van der Waals surface area contributed by atoms with E-state index in [2.05, 4.69) is 19.1 Å². The highest BCUT2D eigenvalue weighted by molar-refractivity contribution is 4.81. The van der Waals surface area contributed by atoms with E-state index in [1.807, 2.05) is 0 Å². The van der Waals surface area contributed by atoms with E-state index in [4.69, 9.17) is 5.73 Å². The van der Waals surface area contributed by atoms with Gasteiger partial charge in [0.1, 0.15) is 0 Å². The molecule has 2 N–H and O–H groups in total. The Hall–Kier alpha value is -0.300. The van der Waals surface area contributed by atoms with Crippen LogP contribution in [0.3, 0.4) is 0 Å². The Balaban J connectivity index is 2.97. The minimum atomic E-state index is 0.854. The Kier molecular flexibility index (Phi) is 13.4. The van der Waals surface area contributed by atoms with Crippen molar-refractivity contribution in [3.63, 3.8) is 0 Å². The SMILES string of the molecule is CCCCCC/C=C/CCCCCCN. The van der Waals surface area contributed by atoms with Crippen molar-refractivity contribution in [1.82, 2.24) is 0 Å². The fourth-order valence-electron chi connectivity index (χ4n) is 1.68. The molecule has 0 aliphatic rings. The number of hydrogen-bond donors (Lipinski definition) is 1. The van der Waals surface area contributed by atoms with Crippen molar-refractivity contribution >= 4 is 0 Å². The molecule has 0 rings (SSSR count). The Labute approximate surface area is 96.1 Å². The van der Waals surface area contributed by atoms with Crippen molar-refractivity contribution in [2.45, 2.75) is 71.1 Å². The number of unbranched alkanes of at least 4 members (excludes halogenated alkanes) is 8. The minimum Gasteiger partial charge on any atom is -0.330 e. The Morgan fingerprint density at radius 3 is 1.80 bits per heavy atom. The summed E-state index contributed by atoms with van der Waals surface area (Å²) < 4.78 is 0. The lowest BCUT2D eigenvalue weighted by molar-refractivity contribution is 0.650. The molecule has 1 nitrogen and oxygen atoms in total. The van der Waals surface area contributed by atoms with Crippen molar-refractivity contribution in [3.05, 3.63) is 12.2 Å². The van der Waals surface area contributed by atoms with Gasteiger partial charge in [0.25, 0.3) is 0 Å². The topological polar surface area (TPSA) is 26.0 Å². The normalized spacial score (nSPS) is 11.3. The molecule has 0 aromatic rings. The quantitative estimate of drug-likeness (QED) is 0.397. The van der Waals surface area contributed by atoms with Crippen LogP contribution in [0.4, 0.5) is 0 Å². The highest BCUT2D eigenvalue weighted by Crippen LogP contribution is 2.05. The molecular formula is C14H29N. The molecule has 0 bridgehead atoms. The van der Waals surface area contributed by atoms with Gasteiger partial charge in [0, 0.05) is 0 Å². The summed E-state index contributed by atoms with van der Waals surface area (Å²) >= 11 is 0. The first kappa shape index (κ1) is 14.7. The van der Waals surface area contributed by atoms with E-state index in [1.165, 1.54) is 64.2 Å². The molecule has 0 radical (unpaired) electrons. The second-order valence-corrected chi connectivity index (χ2v) is 4.31. The van der Waals surface area contributed by atoms with Crippen LogP contribution in [0.5, 0.6) is 0 Å². The van der Waals surface area contributed by atoms with Crippen LogP contribution in [0.25, 0.3) is 0 Å². The molecule has 0 aromatic carbocycles. The smallest absolute Gasteiger partial charge is 0.00773 e. The van der Waals surface area contributed by atoms with Crippen LogP contribution in [-0.4, -0.2) is 6.54 Å². The van der Waals surface area contributed by atoms with Crippen LogP contribution in [0.1, 0.15) is 71.1 Å². The highest BCUT2D eigenvalue weighted by atomic mass is 14.5. The zero-order valence-corrected chi connectivity index (χ0v) is 10.5. The summed E-state index contributed by atoms with van der Waals surface area (Å²) in [6.07, 6.45) is 17.9. The van der Waals surface area contributed by atoms with Crippen LogP contribution in [0.2, 0.25) is 0 Å². The Bertz CT molecular complexity index is 129. The molecule has 0 aromatic heterocycles. The predicted molar refractivity (Wildman–Crippen MR) is 70.0 cm³/mol. The molecule has 1 heteroatoms. The summed E-state index contributed by atoms with van der Waals surface area (Å²) in [5.41, 5.74) is 5.43. The third-order valence-electron chi connectivity index (χ3n) is 2.72. The second kappa shape index (κ2) is 13.7. The lowest BCUT2D eigenvalue weighted by Crippen LogP contribution is -1.97. The molecule has 90 valence electrons. The Morgan fingerprint density at radius 2 is 1.27 bits per heavy atom. The van der Waals surface area contributed by atoms with Crippen molar-refractivity contribution in [3.8, 4) is 0 Å². The molecule has 0 unspecified atom stereocenters. The van der Waals surface area contributed by atoms with Gasteiger partial charge >= 0.3 is 0 Å². The first-order valence-electron chi connectivity index (χ1n) is 6.77. The Morgan fingerprint density at radius 1 is 0.733 bits per heavy atom. The predicted octanol–water partition coefficient (Wildman–Crippen LogP) is 4.42. The van der Waals surface area contributed by atoms with Gasteiger partial charge < -0.3 is 5.73 Å². The van der Waals surface area contributed by atoms with Crippen LogP contribution >= 0.6 is 0 Å². The first-order valence-corrected chi connectivity index (χ1v) is 6.77. The maximum absolute atomic E-state index is 5.43. The molecule has 0 saturated carbocycles. The number of hydrogen-bond acceptors (Lipinski definition) is 1. The third-order valence-corrected chi connectivity index (χ3v) is 2.72. The lowest BCUT2D eigenvalue weighted by atomic mass is 10.1. The van der Waals surface area contributed by atoms with Crippen LogP contribution in [-0.2, 0) is 0 Å². The summed E-state index contributed by atoms with van der Waals surface area (Å²) in [5.74, 6) is 0. The van der Waals surface area contributed by atoms with Crippen LogP contribution in [0.15, 0.2) is 12.2 Å². The van der Waals surface area contributed by atoms with Crippen molar-refractivity contribution in [2.75, 3.05) is 6.54 Å². The third kappa shape index (κ3) is 13.7. The molecule has 0 atom stereocenters. The van der Waals surface area contributed by atoms with Crippen molar-refractivity contribution < 1.29 is 0 Å². The second-order valence-electron chi connectivity index (χ2n) is 4.31. The highest BCUT2D eigenvalue weighted by Gasteiger charge is 1.87. The average Bonchev–Trinajstić information content (AvgIpc) is 2.26. The fraction of sp³-hybridized carbons (Fsp3) is 0.857. The summed E-state index contributed by atoms with van der Waals surface area (Å²) in [4.78, 5) is 0. The first-order chi connectivity index (χ1) is 7.41.